The second-order valence-electron chi connectivity index (χ2n) is 6.04. The van der Waals surface area contributed by atoms with Crippen molar-refractivity contribution < 1.29 is 9.59 Å². The van der Waals surface area contributed by atoms with Crippen molar-refractivity contribution in [3.63, 3.8) is 0 Å². The maximum atomic E-state index is 12.6. The van der Waals surface area contributed by atoms with Crippen molar-refractivity contribution in [2.45, 2.75) is 25.3 Å². The molecule has 1 aromatic carbocycles. The highest BCUT2D eigenvalue weighted by atomic mass is 35.5. The lowest BCUT2D eigenvalue weighted by atomic mass is 10.0. The molecule has 2 aliphatic heterocycles. The number of nitrogens with zero attached hydrogens (tertiary/aromatic N) is 2. The van der Waals surface area contributed by atoms with Gasteiger partial charge in [-0.2, -0.15) is 0 Å². The minimum atomic E-state index is -0.297. The lowest BCUT2D eigenvalue weighted by molar-refractivity contribution is -0.136. The van der Waals surface area contributed by atoms with Crippen LogP contribution in [0.15, 0.2) is 24.3 Å². The van der Waals surface area contributed by atoms with Gasteiger partial charge in [-0.3, -0.25) is 9.59 Å². The Hall–Kier alpha value is -1.59. The van der Waals surface area contributed by atoms with Crippen molar-refractivity contribution in [2.24, 2.45) is 11.7 Å². The van der Waals surface area contributed by atoms with Crippen LogP contribution in [0, 0.1) is 5.92 Å². The molecule has 0 aromatic heterocycles. The highest BCUT2D eigenvalue weighted by Gasteiger charge is 2.38. The number of benzene rings is 1. The van der Waals surface area contributed by atoms with Crippen LogP contribution in [0.4, 0.5) is 5.69 Å². The molecule has 2 amide bonds. The van der Waals surface area contributed by atoms with E-state index in [0.29, 0.717) is 23.8 Å². The monoisotopic (exact) mass is 321 g/mol. The second kappa shape index (κ2) is 6.26. The van der Waals surface area contributed by atoms with E-state index < -0.39 is 0 Å². The van der Waals surface area contributed by atoms with E-state index in [9.17, 15) is 9.59 Å². The lowest BCUT2D eigenvalue weighted by Crippen LogP contribution is -2.48. The Balaban J connectivity index is 1.72. The Morgan fingerprint density at radius 3 is 2.77 bits per heavy atom. The molecule has 0 aliphatic carbocycles. The molecule has 0 saturated carbocycles. The fourth-order valence-electron chi connectivity index (χ4n) is 3.24. The summed E-state index contributed by atoms with van der Waals surface area (Å²) in [7, 11) is 0. The molecule has 2 unspecified atom stereocenters. The molecule has 0 radical (unpaired) electrons. The minimum absolute atomic E-state index is 0.0399. The zero-order valence-corrected chi connectivity index (χ0v) is 13.1. The molecule has 2 aliphatic rings. The van der Waals surface area contributed by atoms with Crippen LogP contribution in [-0.2, 0) is 9.59 Å². The highest BCUT2D eigenvalue weighted by molar-refractivity contribution is 6.33. The number of amides is 2. The standard InChI is InChI=1S/C16H20ClN3O2/c17-13-5-1-2-6-14(13)20-9-11(8-15(20)21)16(22)19-7-3-4-12(18)10-19/h1-2,5-6,11-12H,3-4,7-10,18H2. The number of anilines is 1. The van der Waals surface area contributed by atoms with Gasteiger partial charge in [-0.05, 0) is 25.0 Å². The summed E-state index contributed by atoms with van der Waals surface area (Å²) < 4.78 is 0. The first-order valence-electron chi connectivity index (χ1n) is 7.65. The van der Waals surface area contributed by atoms with E-state index in [1.54, 1.807) is 11.0 Å². The van der Waals surface area contributed by atoms with Gasteiger partial charge in [-0.25, -0.2) is 0 Å². The quantitative estimate of drug-likeness (QED) is 0.900. The molecule has 2 saturated heterocycles. The normalized spacial score (nSPS) is 25.6. The van der Waals surface area contributed by atoms with Crippen LogP contribution in [0.25, 0.3) is 0 Å². The summed E-state index contributed by atoms with van der Waals surface area (Å²) in [4.78, 5) is 28.3. The zero-order chi connectivity index (χ0) is 15.7. The molecule has 22 heavy (non-hydrogen) atoms. The first kappa shape index (κ1) is 15.3. The number of nitrogens with two attached hydrogens (primary N) is 1. The summed E-state index contributed by atoms with van der Waals surface area (Å²) in [6.45, 7) is 1.73. The molecule has 0 bridgehead atoms. The van der Waals surface area contributed by atoms with Crippen molar-refractivity contribution in [3.8, 4) is 0 Å². The van der Waals surface area contributed by atoms with Crippen LogP contribution in [0.1, 0.15) is 19.3 Å². The van der Waals surface area contributed by atoms with Crippen molar-refractivity contribution in [2.75, 3.05) is 24.5 Å². The Bertz CT molecular complexity index is 593. The van der Waals surface area contributed by atoms with Gasteiger partial charge in [0.2, 0.25) is 11.8 Å². The molecular formula is C16H20ClN3O2. The van der Waals surface area contributed by atoms with Gasteiger partial charge in [-0.1, -0.05) is 23.7 Å². The van der Waals surface area contributed by atoms with E-state index >= 15 is 0 Å². The fourth-order valence-corrected chi connectivity index (χ4v) is 3.48. The summed E-state index contributed by atoms with van der Waals surface area (Å²) in [5, 5.41) is 0.531. The predicted molar refractivity (Wildman–Crippen MR) is 85.7 cm³/mol. The number of hydrogen-bond acceptors (Lipinski definition) is 3. The van der Waals surface area contributed by atoms with Gasteiger partial charge in [0.15, 0.2) is 0 Å². The number of carbonyl (C=O) groups is 2. The van der Waals surface area contributed by atoms with Gasteiger partial charge < -0.3 is 15.5 Å². The fraction of sp³-hybridized carbons (Fsp3) is 0.500. The third-order valence-corrected chi connectivity index (χ3v) is 4.71. The van der Waals surface area contributed by atoms with E-state index in [1.165, 1.54) is 0 Å². The van der Waals surface area contributed by atoms with Gasteiger partial charge in [0, 0.05) is 32.1 Å². The smallest absolute Gasteiger partial charge is 0.228 e. The first-order chi connectivity index (χ1) is 10.6. The number of carbonyl (C=O) groups excluding carboxylic acids is 2. The summed E-state index contributed by atoms with van der Waals surface area (Å²) in [5.74, 6) is -0.306. The predicted octanol–water partition coefficient (Wildman–Crippen LogP) is 1.64. The molecule has 6 heteroatoms. The highest BCUT2D eigenvalue weighted by Crippen LogP contribution is 2.31. The van der Waals surface area contributed by atoms with Crippen molar-refractivity contribution >= 4 is 29.1 Å². The van der Waals surface area contributed by atoms with Crippen LogP contribution in [0.2, 0.25) is 5.02 Å². The molecule has 2 atom stereocenters. The molecular weight excluding hydrogens is 302 g/mol. The Labute approximate surface area is 135 Å². The molecule has 3 rings (SSSR count). The maximum Gasteiger partial charge on any atom is 0.228 e. The zero-order valence-electron chi connectivity index (χ0n) is 12.4. The summed E-state index contributed by atoms with van der Waals surface area (Å²) in [6.07, 6.45) is 2.14. The third kappa shape index (κ3) is 2.96. The van der Waals surface area contributed by atoms with Gasteiger partial charge in [0.25, 0.3) is 0 Å². The second-order valence-corrected chi connectivity index (χ2v) is 6.45. The largest absolute Gasteiger partial charge is 0.341 e. The summed E-state index contributed by atoms with van der Waals surface area (Å²) in [5.41, 5.74) is 6.62. The number of piperidine rings is 1. The number of para-hydroxylation sites is 1. The van der Waals surface area contributed by atoms with Crippen molar-refractivity contribution in [3.05, 3.63) is 29.3 Å². The van der Waals surface area contributed by atoms with Crippen LogP contribution in [0.5, 0.6) is 0 Å². The minimum Gasteiger partial charge on any atom is -0.341 e. The van der Waals surface area contributed by atoms with Crippen LogP contribution in [-0.4, -0.2) is 42.4 Å². The van der Waals surface area contributed by atoms with Crippen LogP contribution < -0.4 is 10.6 Å². The lowest BCUT2D eigenvalue weighted by Gasteiger charge is -2.32. The van der Waals surface area contributed by atoms with E-state index in [1.807, 2.05) is 23.1 Å². The number of halogens is 1. The van der Waals surface area contributed by atoms with Gasteiger partial charge in [0.05, 0.1) is 16.6 Å². The Morgan fingerprint density at radius 1 is 1.27 bits per heavy atom. The van der Waals surface area contributed by atoms with Crippen LogP contribution >= 0.6 is 11.6 Å². The summed E-state index contributed by atoms with van der Waals surface area (Å²) in [6, 6.07) is 7.28. The Kier molecular flexibility index (Phi) is 4.36. The molecule has 2 N–H and O–H groups in total. The number of rotatable bonds is 2. The van der Waals surface area contributed by atoms with Gasteiger partial charge >= 0.3 is 0 Å². The summed E-state index contributed by atoms with van der Waals surface area (Å²) >= 11 is 6.16. The van der Waals surface area contributed by atoms with E-state index in [0.717, 1.165) is 19.4 Å². The van der Waals surface area contributed by atoms with Crippen molar-refractivity contribution in [1.82, 2.24) is 4.90 Å². The topological polar surface area (TPSA) is 66.6 Å². The molecule has 2 heterocycles. The molecule has 5 nitrogen and oxygen atoms in total. The SMILES string of the molecule is NC1CCCN(C(=O)C2CC(=O)N(c3ccccc3Cl)C2)C1. The Morgan fingerprint density at radius 2 is 2.05 bits per heavy atom. The molecule has 118 valence electrons. The van der Waals surface area contributed by atoms with E-state index in [2.05, 4.69) is 0 Å². The van der Waals surface area contributed by atoms with Gasteiger partial charge in [-0.15, -0.1) is 0 Å². The van der Waals surface area contributed by atoms with E-state index in [-0.39, 0.29) is 30.2 Å². The molecule has 2 fully saturated rings. The first-order valence-corrected chi connectivity index (χ1v) is 8.03. The average Bonchev–Trinajstić information content (AvgIpc) is 2.89. The molecule has 0 spiro atoms. The average molecular weight is 322 g/mol. The number of hydrogen-bond donors (Lipinski definition) is 1. The van der Waals surface area contributed by atoms with Gasteiger partial charge in [0.1, 0.15) is 0 Å². The maximum absolute atomic E-state index is 12.6. The molecule has 1 aromatic rings. The van der Waals surface area contributed by atoms with Crippen LogP contribution in [0.3, 0.4) is 0 Å². The van der Waals surface area contributed by atoms with E-state index in [4.69, 9.17) is 17.3 Å². The number of likely N-dealkylation sites (tertiary alicyclic amines) is 1. The van der Waals surface area contributed by atoms with Crippen molar-refractivity contribution in [1.29, 1.82) is 0 Å². The third-order valence-electron chi connectivity index (χ3n) is 4.39.